The number of ether oxygens (including phenoxy) is 2. The molecule has 4 nitrogen and oxygen atoms in total. The highest BCUT2D eigenvalue weighted by atomic mass is 16.5. The maximum absolute atomic E-state index is 5.75. The maximum atomic E-state index is 5.75. The maximum Gasteiger partial charge on any atom is 0.127 e. The van der Waals surface area contributed by atoms with Crippen molar-refractivity contribution in [2.24, 2.45) is 5.84 Å². The number of methoxy groups -OCH3 is 2. The molecule has 0 saturated heterocycles. The van der Waals surface area contributed by atoms with Gasteiger partial charge in [-0.15, -0.1) is 0 Å². The quantitative estimate of drug-likeness (QED) is 0.476. The standard InChI is InChI=1S/C16H24N2O2/c1-19-13-8-9-14(16(11-13)20-2)15(18-17)10-12-6-4-3-5-7-12/h6,8-9,11,15,18H,3-5,7,10,17H2,1-2H3. The van der Waals surface area contributed by atoms with E-state index >= 15 is 0 Å². The minimum Gasteiger partial charge on any atom is -0.497 e. The van der Waals surface area contributed by atoms with Crippen LogP contribution in [0.15, 0.2) is 29.8 Å². The molecule has 1 aromatic rings. The fraction of sp³-hybridized carbons (Fsp3) is 0.500. The molecule has 0 fully saturated rings. The van der Waals surface area contributed by atoms with Gasteiger partial charge in [-0.25, -0.2) is 0 Å². The van der Waals surface area contributed by atoms with Crippen molar-refractivity contribution in [3.8, 4) is 11.5 Å². The van der Waals surface area contributed by atoms with E-state index in [0.717, 1.165) is 23.5 Å². The first kappa shape index (κ1) is 14.9. The molecule has 2 rings (SSSR count). The van der Waals surface area contributed by atoms with Crippen LogP contribution < -0.4 is 20.7 Å². The van der Waals surface area contributed by atoms with Crippen LogP contribution in [-0.4, -0.2) is 14.2 Å². The lowest BCUT2D eigenvalue weighted by molar-refractivity contribution is 0.383. The highest BCUT2D eigenvalue weighted by Gasteiger charge is 2.18. The summed E-state index contributed by atoms with van der Waals surface area (Å²) in [5.41, 5.74) is 5.47. The van der Waals surface area contributed by atoms with Gasteiger partial charge in [0.25, 0.3) is 0 Å². The normalized spacial score (nSPS) is 16.4. The Morgan fingerprint density at radius 2 is 2.10 bits per heavy atom. The molecule has 0 heterocycles. The predicted molar refractivity (Wildman–Crippen MR) is 80.8 cm³/mol. The third kappa shape index (κ3) is 3.52. The van der Waals surface area contributed by atoms with E-state index in [2.05, 4.69) is 11.5 Å². The molecule has 1 aliphatic rings. The summed E-state index contributed by atoms with van der Waals surface area (Å²) in [5.74, 6) is 7.35. The summed E-state index contributed by atoms with van der Waals surface area (Å²) in [7, 11) is 3.33. The lowest BCUT2D eigenvalue weighted by Crippen LogP contribution is -2.28. The first-order valence-corrected chi connectivity index (χ1v) is 7.14. The Bertz CT molecular complexity index is 472. The molecule has 0 spiro atoms. The van der Waals surface area contributed by atoms with Crippen LogP contribution in [0.2, 0.25) is 0 Å². The first-order chi connectivity index (χ1) is 9.78. The zero-order valence-electron chi connectivity index (χ0n) is 12.3. The van der Waals surface area contributed by atoms with Crippen molar-refractivity contribution < 1.29 is 9.47 Å². The smallest absolute Gasteiger partial charge is 0.127 e. The molecule has 1 atom stereocenters. The molecule has 4 heteroatoms. The second kappa shape index (κ2) is 7.31. The van der Waals surface area contributed by atoms with Gasteiger partial charge in [0.05, 0.1) is 20.3 Å². The molecule has 0 radical (unpaired) electrons. The zero-order chi connectivity index (χ0) is 14.4. The van der Waals surface area contributed by atoms with Gasteiger partial charge in [0.15, 0.2) is 0 Å². The molecular formula is C16H24N2O2. The van der Waals surface area contributed by atoms with Crippen LogP contribution in [0.25, 0.3) is 0 Å². The molecule has 0 aliphatic heterocycles. The highest BCUT2D eigenvalue weighted by Crippen LogP contribution is 2.34. The largest absolute Gasteiger partial charge is 0.497 e. The molecule has 0 bridgehead atoms. The third-order valence-electron chi connectivity index (χ3n) is 3.87. The number of benzene rings is 1. The van der Waals surface area contributed by atoms with E-state index < -0.39 is 0 Å². The van der Waals surface area contributed by atoms with Gasteiger partial charge in [0, 0.05) is 11.6 Å². The van der Waals surface area contributed by atoms with Crippen LogP contribution in [-0.2, 0) is 0 Å². The van der Waals surface area contributed by atoms with Gasteiger partial charge in [-0.3, -0.25) is 11.3 Å². The van der Waals surface area contributed by atoms with E-state index in [9.17, 15) is 0 Å². The fourth-order valence-electron chi connectivity index (χ4n) is 2.72. The van der Waals surface area contributed by atoms with Crippen molar-refractivity contribution in [3.63, 3.8) is 0 Å². The Morgan fingerprint density at radius 3 is 2.70 bits per heavy atom. The molecular weight excluding hydrogens is 252 g/mol. The van der Waals surface area contributed by atoms with Crippen molar-refractivity contribution >= 4 is 0 Å². The Morgan fingerprint density at radius 1 is 1.25 bits per heavy atom. The molecule has 3 N–H and O–H groups in total. The molecule has 1 aromatic carbocycles. The Kier molecular flexibility index (Phi) is 5.44. The number of hydrazine groups is 1. The predicted octanol–water partition coefficient (Wildman–Crippen LogP) is 3.10. The van der Waals surface area contributed by atoms with E-state index in [1.807, 2.05) is 18.2 Å². The molecule has 20 heavy (non-hydrogen) atoms. The van der Waals surface area contributed by atoms with Gasteiger partial charge in [0.2, 0.25) is 0 Å². The fourth-order valence-corrected chi connectivity index (χ4v) is 2.72. The van der Waals surface area contributed by atoms with E-state index in [4.69, 9.17) is 15.3 Å². The van der Waals surface area contributed by atoms with Gasteiger partial charge in [-0.2, -0.15) is 0 Å². The van der Waals surface area contributed by atoms with Crippen molar-refractivity contribution in [1.82, 2.24) is 5.43 Å². The molecule has 1 unspecified atom stereocenters. The van der Waals surface area contributed by atoms with Crippen LogP contribution in [0, 0.1) is 0 Å². The summed E-state index contributed by atoms with van der Waals surface area (Å²) in [6.45, 7) is 0. The minimum absolute atomic E-state index is 0.0696. The summed E-state index contributed by atoms with van der Waals surface area (Å²) in [6, 6.07) is 5.93. The van der Waals surface area contributed by atoms with Gasteiger partial charge in [0.1, 0.15) is 11.5 Å². The van der Waals surface area contributed by atoms with Crippen LogP contribution in [0.4, 0.5) is 0 Å². The van der Waals surface area contributed by atoms with Gasteiger partial charge in [-0.05, 0) is 38.2 Å². The minimum atomic E-state index is 0.0696. The lowest BCUT2D eigenvalue weighted by atomic mass is 9.91. The van der Waals surface area contributed by atoms with Crippen molar-refractivity contribution in [1.29, 1.82) is 0 Å². The Balaban J connectivity index is 2.19. The number of rotatable bonds is 6. The van der Waals surface area contributed by atoms with Crippen molar-refractivity contribution in [2.75, 3.05) is 14.2 Å². The second-order valence-corrected chi connectivity index (χ2v) is 5.14. The van der Waals surface area contributed by atoms with Crippen LogP contribution in [0.5, 0.6) is 11.5 Å². The number of nitrogens with one attached hydrogen (secondary N) is 1. The average molecular weight is 276 g/mol. The van der Waals surface area contributed by atoms with Crippen LogP contribution >= 0.6 is 0 Å². The number of allylic oxidation sites excluding steroid dienone is 1. The highest BCUT2D eigenvalue weighted by molar-refractivity contribution is 5.43. The molecule has 110 valence electrons. The second-order valence-electron chi connectivity index (χ2n) is 5.14. The Labute approximate surface area is 120 Å². The van der Waals surface area contributed by atoms with Gasteiger partial charge < -0.3 is 9.47 Å². The zero-order valence-corrected chi connectivity index (χ0v) is 12.3. The summed E-state index contributed by atoms with van der Waals surface area (Å²) < 4.78 is 10.7. The molecule has 0 saturated carbocycles. The summed E-state index contributed by atoms with van der Waals surface area (Å²) >= 11 is 0. The van der Waals surface area contributed by atoms with Crippen LogP contribution in [0.1, 0.15) is 43.7 Å². The molecule has 1 aliphatic carbocycles. The van der Waals surface area contributed by atoms with Crippen molar-refractivity contribution in [2.45, 2.75) is 38.1 Å². The monoisotopic (exact) mass is 276 g/mol. The van der Waals surface area contributed by atoms with Crippen molar-refractivity contribution in [3.05, 3.63) is 35.4 Å². The molecule has 0 aromatic heterocycles. The number of nitrogens with two attached hydrogens (primary N) is 1. The average Bonchev–Trinajstić information content (AvgIpc) is 2.53. The topological polar surface area (TPSA) is 56.5 Å². The SMILES string of the molecule is COc1ccc(C(CC2=CCCCC2)NN)c(OC)c1. The number of hydrogen-bond donors (Lipinski definition) is 2. The summed E-state index contributed by atoms with van der Waals surface area (Å²) in [6.07, 6.45) is 8.23. The summed E-state index contributed by atoms with van der Waals surface area (Å²) in [5, 5.41) is 0. The molecule has 0 amide bonds. The number of hydrogen-bond acceptors (Lipinski definition) is 4. The van der Waals surface area contributed by atoms with E-state index in [1.165, 1.54) is 31.3 Å². The summed E-state index contributed by atoms with van der Waals surface area (Å²) in [4.78, 5) is 0. The van der Waals surface area contributed by atoms with E-state index in [0.29, 0.717) is 0 Å². The van der Waals surface area contributed by atoms with E-state index in [1.54, 1.807) is 14.2 Å². The third-order valence-corrected chi connectivity index (χ3v) is 3.87. The Hall–Kier alpha value is -1.52. The van der Waals surface area contributed by atoms with E-state index in [-0.39, 0.29) is 6.04 Å². The van der Waals surface area contributed by atoms with Gasteiger partial charge in [-0.1, -0.05) is 17.7 Å². The van der Waals surface area contributed by atoms with Gasteiger partial charge >= 0.3 is 0 Å². The lowest BCUT2D eigenvalue weighted by Gasteiger charge is -2.22. The first-order valence-electron chi connectivity index (χ1n) is 7.14. The van der Waals surface area contributed by atoms with Crippen LogP contribution in [0.3, 0.4) is 0 Å².